The molecule has 0 bridgehead atoms. The first-order chi connectivity index (χ1) is 14.5. The molecule has 0 atom stereocenters. The normalized spacial score (nSPS) is 10.6. The van der Waals surface area contributed by atoms with Gasteiger partial charge in [-0.25, -0.2) is 19.3 Å². The highest BCUT2D eigenvalue weighted by Crippen LogP contribution is 2.33. The van der Waals surface area contributed by atoms with Crippen molar-refractivity contribution >= 4 is 49.9 Å². The van der Waals surface area contributed by atoms with Crippen LogP contribution in [0.25, 0.3) is 10.2 Å². The molecular formula is C18H12FN7O3S. The Morgan fingerprint density at radius 1 is 1.07 bits per heavy atom. The third-order valence-electron chi connectivity index (χ3n) is 3.92. The Morgan fingerprint density at radius 2 is 1.80 bits per heavy atom. The van der Waals surface area contributed by atoms with E-state index in [-0.39, 0.29) is 17.2 Å². The molecule has 0 aliphatic heterocycles. The summed E-state index contributed by atoms with van der Waals surface area (Å²) < 4.78 is 13.9. The van der Waals surface area contributed by atoms with Gasteiger partial charge in [0.05, 0.1) is 15.1 Å². The molecule has 4 rings (SSSR count). The number of rotatable bonds is 6. The van der Waals surface area contributed by atoms with Gasteiger partial charge in [-0.2, -0.15) is 0 Å². The minimum atomic E-state index is -0.679. The molecule has 0 radical (unpaired) electrons. The number of carbonyl (C=O) groups is 1. The van der Waals surface area contributed by atoms with Crippen LogP contribution in [0.3, 0.4) is 0 Å². The number of amides is 1. The van der Waals surface area contributed by atoms with Crippen LogP contribution in [0.4, 0.5) is 26.8 Å². The summed E-state index contributed by atoms with van der Waals surface area (Å²) in [4.78, 5) is 35.2. The molecule has 0 saturated carbocycles. The van der Waals surface area contributed by atoms with Crippen LogP contribution in [-0.4, -0.2) is 25.8 Å². The van der Waals surface area contributed by atoms with Crippen molar-refractivity contribution in [3.63, 3.8) is 0 Å². The summed E-state index contributed by atoms with van der Waals surface area (Å²) in [7, 11) is 0. The van der Waals surface area contributed by atoms with Crippen molar-refractivity contribution < 1.29 is 14.1 Å². The summed E-state index contributed by atoms with van der Waals surface area (Å²) in [6.45, 7) is 0. The second-order valence-corrected chi connectivity index (χ2v) is 6.91. The fourth-order valence-corrected chi connectivity index (χ4v) is 3.42. The fraction of sp³-hybridized carbons (Fsp3) is 0. The number of halogens is 1. The predicted molar refractivity (Wildman–Crippen MR) is 109 cm³/mol. The number of nitro groups is 1. The number of para-hydroxylation sites is 1. The fourth-order valence-electron chi connectivity index (χ4n) is 2.55. The second-order valence-electron chi connectivity index (χ2n) is 5.87. The average Bonchev–Trinajstić information content (AvgIpc) is 3.14. The maximum Gasteiger partial charge on any atom is 0.355 e. The van der Waals surface area contributed by atoms with Crippen LogP contribution in [0.5, 0.6) is 0 Å². The van der Waals surface area contributed by atoms with Gasteiger partial charge in [-0.15, -0.1) is 0 Å². The summed E-state index contributed by atoms with van der Waals surface area (Å²) in [6, 6.07) is 12.2. The molecule has 2 heterocycles. The van der Waals surface area contributed by atoms with Crippen LogP contribution < -0.4 is 16.2 Å². The first-order valence-corrected chi connectivity index (χ1v) is 9.27. The first-order valence-electron chi connectivity index (χ1n) is 8.45. The number of anilines is 3. The number of aromatic nitrogens is 3. The zero-order chi connectivity index (χ0) is 21.1. The van der Waals surface area contributed by atoms with E-state index >= 15 is 0 Å². The van der Waals surface area contributed by atoms with E-state index in [0.29, 0.717) is 5.13 Å². The molecule has 0 saturated heterocycles. The molecule has 0 unspecified atom stereocenters. The lowest BCUT2D eigenvalue weighted by Crippen LogP contribution is -2.30. The van der Waals surface area contributed by atoms with Crippen LogP contribution in [0.2, 0.25) is 0 Å². The molecule has 0 aliphatic carbocycles. The highest BCUT2D eigenvalue weighted by Gasteiger charge is 2.24. The maximum atomic E-state index is 13.0. The first kappa shape index (κ1) is 19.1. The van der Waals surface area contributed by atoms with Crippen molar-refractivity contribution in [3.05, 3.63) is 76.4 Å². The van der Waals surface area contributed by atoms with Crippen LogP contribution in [0, 0.1) is 15.9 Å². The standard InChI is InChI=1S/C18H12FN7O3S/c19-11-7-5-10(6-8-11)17(27)25-24-16-14(26(28)29)15(20-9-21-16)23-18-22-12-3-1-2-4-13(12)30-18/h1-9H,(H,25,27)(H2,20,21,22,23,24). The number of thiazole rings is 1. The Labute approximate surface area is 171 Å². The van der Waals surface area contributed by atoms with Gasteiger partial charge in [0.2, 0.25) is 11.6 Å². The monoisotopic (exact) mass is 425 g/mol. The van der Waals surface area contributed by atoms with E-state index in [4.69, 9.17) is 0 Å². The van der Waals surface area contributed by atoms with Gasteiger partial charge < -0.3 is 5.32 Å². The molecule has 4 aromatic rings. The van der Waals surface area contributed by atoms with Gasteiger partial charge in [0.25, 0.3) is 5.91 Å². The molecule has 150 valence electrons. The number of hydrogen-bond donors (Lipinski definition) is 3. The van der Waals surface area contributed by atoms with E-state index in [0.717, 1.165) is 28.7 Å². The summed E-state index contributed by atoms with van der Waals surface area (Å²) >= 11 is 1.31. The molecule has 2 aromatic heterocycles. The van der Waals surface area contributed by atoms with E-state index in [1.54, 1.807) is 0 Å². The van der Waals surface area contributed by atoms with Gasteiger partial charge >= 0.3 is 5.69 Å². The predicted octanol–water partition coefficient (Wildman–Crippen LogP) is 3.63. The number of hydrogen-bond acceptors (Lipinski definition) is 9. The van der Waals surface area contributed by atoms with Crippen molar-refractivity contribution in [1.82, 2.24) is 20.4 Å². The maximum absolute atomic E-state index is 13.0. The Kier molecular flexibility index (Phi) is 5.13. The largest absolute Gasteiger partial charge is 0.355 e. The van der Waals surface area contributed by atoms with Gasteiger partial charge in [0, 0.05) is 5.56 Å². The number of hydrazine groups is 1. The molecule has 3 N–H and O–H groups in total. The summed E-state index contributed by atoms with van der Waals surface area (Å²) in [5.41, 5.74) is 5.14. The molecule has 0 fully saturated rings. The molecule has 1 amide bonds. The topological polar surface area (TPSA) is 135 Å². The van der Waals surface area contributed by atoms with Gasteiger partial charge in [0.1, 0.15) is 12.1 Å². The van der Waals surface area contributed by atoms with Crippen molar-refractivity contribution in [3.8, 4) is 0 Å². The number of benzene rings is 2. The lowest BCUT2D eigenvalue weighted by atomic mass is 10.2. The summed E-state index contributed by atoms with van der Waals surface area (Å²) in [6.07, 6.45) is 1.11. The molecule has 0 spiro atoms. The van der Waals surface area contributed by atoms with Crippen molar-refractivity contribution in [1.29, 1.82) is 0 Å². The smallest absolute Gasteiger partial charge is 0.310 e. The lowest BCUT2D eigenvalue weighted by Gasteiger charge is -2.10. The quantitative estimate of drug-likeness (QED) is 0.315. The zero-order valence-corrected chi connectivity index (χ0v) is 15.8. The minimum absolute atomic E-state index is 0.0902. The van der Waals surface area contributed by atoms with E-state index in [9.17, 15) is 19.3 Å². The number of nitrogens with one attached hydrogen (secondary N) is 3. The molecule has 0 aliphatic rings. The van der Waals surface area contributed by atoms with E-state index in [1.807, 2.05) is 24.3 Å². The average molecular weight is 425 g/mol. The third kappa shape index (κ3) is 3.98. The van der Waals surface area contributed by atoms with Gasteiger partial charge in [-0.1, -0.05) is 23.5 Å². The van der Waals surface area contributed by atoms with Crippen molar-refractivity contribution in [2.45, 2.75) is 0 Å². The van der Waals surface area contributed by atoms with Crippen molar-refractivity contribution in [2.75, 3.05) is 10.7 Å². The second kappa shape index (κ2) is 8.05. The van der Waals surface area contributed by atoms with E-state index < -0.39 is 22.3 Å². The van der Waals surface area contributed by atoms with Crippen LogP contribution in [0.1, 0.15) is 10.4 Å². The molecular weight excluding hydrogens is 413 g/mol. The van der Waals surface area contributed by atoms with Gasteiger partial charge in [0.15, 0.2) is 5.13 Å². The van der Waals surface area contributed by atoms with Gasteiger partial charge in [-0.3, -0.25) is 25.8 Å². The molecule has 10 nitrogen and oxygen atoms in total. The Balaban J connectivity index is 1.57. The Hall–Kier alpha value is -4.19. The lowest BCUT2D eigenvalue weighted by molar-refractivity contribution is -0.383. The molecule has 2 aromatic carbocycles. The molecule has 12 heteroatoms. The summed E-state index contributed by atoms with van der Waals surface area (Å²) in [5, 5.41) is 14.9. The zero-order valence-electron chi connectivity index (χ0n) is 15.0. The highest BCUT2D eigenvalue weighted by atomic mass is 32.1. The van der Waals surface area contributed by atoms with Crippen molar-refractivity contribution in [2.24, 2.45) is 0 Å². The minimum Gasteiger partial charge on any atom is -0.310 e. The SMILES string of the molecule is O=C(NNc1ncnc(Nc2nc3ccccc3s2)c1[N+](=O)[O-])c1ccc(F)cc1. The van der Waals surface area contributed by atoms with E-state index in [2.05, 4.69) is 31.1 Å². The Bertz CT molecular complexity index is 1210. The number of fused-ring (bicyclic) bond motifs is 1. The van der Waals surface area contributed by atoms with Crippen LogP contribution in [-0.2, 0) is 0 Å². The summed E-state index contributed by atoms with van der Waals surface area (Å²) in [5.74, 6) is -1.43. The molecule has 30 heavy (non-hydrogen) atoms. The highest BCUT2D eigenvalue weighted by molar-refractivity contribution is 7.22. The number of nitrogens with zero attached hydrogens (tertiary/aromatic N) is 4. The number of carbonyl (C=O) groups excluding carboxylic acids is 1. The third-order valence-corrected chi connectivity index (χ3v) is 4.88. The van der Waals surface area contributed by atoms with Crippen LogP contribution in [0.15, 0.2) is 54.9 Å². The van der Waals surface area contributed by atoms with E-state index in [1.165, 1.54) is 23.5 Å². The Morgan fingerprint density at radius 3 is 2.53 bits per heavy atom. The van der Waals surface area contributed by atoms with Crippen LogP contribution >= 0.6 is 11.3 Å². The van der Waals surface area contributed by atoms with Gasteiger partial charge in [-0.05, 0) is 36.4 Å².